The van der Waals surface area contributed by atoms with Crippen LogP contribution < -0.4 is 0 Å². The summed E-state index contributed by atoms with van der Waals surface area (Å²) in [5.41, 5.74) is 2.12. The predicted octanol–water partition coefficient (Wildman–Crippen LogP) is 2.81. The molecule has 1 aliphatic heterocycles. The van der Waals surface area contributed by atoms with Gasteiger partial charge in [0.15, 0.2) is 0 Å². The fraction of sp³-hybridized carbons (Fsp3) is 0.500. The highest BCUT2D eigenvalue weighted by atomic mass is 15.2. The van der Waals surface area contributed by atoms with E-state index in [4.69, 9.17) is 0 Å². The molecule has 0 spiro atoms. The highest BCUT2D eigenvalue weighted by molar-refractivity contribution is 5.41. The van der Waals surface area contributed by atoms with Gasteiger partial charge in [0.1, 0.15) is 0 Å². The van der Waals surface area contributed by atoms with Gasteiger partial charge in [0.2, 0.25) is 0 Å². The zero-order chi connectivity index (χ0) is 11.5. The highest BCUT2D eigenvalue weighted by Gasteiger charge is 2.28. The molecule has 2 nitrogen and oxygen atoms in total. The summed E-state index contributed by atoms with van der Waals surface area (Å²) < 4.78 is 0. The second-order valence-corrected chi connectivity index (χ2v) is 4.96. The molecule has 86 valence electrons. The molecule has 0 N–H and O–H groups in total. The van der Waals surface area contributed by atoms with E-state index in [2.05, 4.69) is 42.4 Å². The summed E-state index contributed by atoms with van der Waals surface area (Å²) in [4.78, 5) is 6.98. The van der Waals surface area contributed by atoms with Gasteiger partial charge in [-0.05, 0) is 30.0 Å². The Kier molecular flexibility index (Phi) is 3.39. The van der Waals surface area contributed by atoms with Crippen molar-refractivity contribution in [2.45, 2.75) is 20.4 Å². The molecule has 2 heteroatoms. The van der Waals surface area contributed by atoms with Crippen LogP contribution in [0.25, 0.3) is 6.08 Å². The lowest BCUT2D eigenvalue weighted by molar-refractivity contribution is 0.0603. The molecular formula is C14H20N2. The lowest BCUT2D eigenvalue weighted by Crippen LogP contribution is -2.48. The summed E-state index contributed by atoms with van der Waals surface area (Å²) in [5.74, 6) is 1.69. The molecule has 0 unspecified atom stereocenters. The van der Waals surface area contributed by atoms with Gasteiger partial charge in [-0.3, -0.25) is 9.88 Å². The molecule has 0 saturated carbocycles. The van der Waals surface area contributed by atoms with Crippen molar-refractivity contribution in [3.05, 3.63) is 36.2 Å². The number of likely N-dealkylation sites (tertiary alicyclic amines) is 1. The normalized spacial score (nSPS) is 17.4. The summed E-state index contributed by atoms with van der Waals surface area (Å²) in [6.45, 7) is 11.8. The fourth-order valence-electron chi connectivity index (χ4n) is 2.09. The van der Waals surface area contributed by atoms with Crippen molar-refractivity contribution < 1.29 is 0 Å². The van der Waals surface area contributed by atoms with E-state index in [1.807, 2.05) is 6.07 Å². The third kappa shape index (κ3) is 2.50. The highest BCUT2D eigenvalue weighted by Crippen LogP contribution is 2.24. The Labute approximate surface area is 98.0 Å². The Balaban J connectivity index is 1.89. The number of hydrogen-bond donors (Lipinski definition) is 0. The first-order chi connectivity index (χ1) is 7.69. The Hall–Kier alpha value is -1.15. The van der Waals surface area contributed by atoms with E-state index >= 15 is 0 Å². The van der Waals surface area contributed by atoms with Crippen LogP contribution in [0, 0.1) is 11.8 Å². The average Bonchev–Trinajstić information content (AvgIpc) is 2.22. The minimum atomic E-state index is 0.809. The van der Waals surface area contributed by atoms with E-state index in [1.54, 1.807) is 6.08 Å². The fourth-order valence-corrected chi connectivity index (χ4v) is 2.09. The van der Waals surface area contributed by atoms with Gasteiger partial charge in [0.25, 0.3) is 0 Å². The first-order valence-corrected chi connectivity index (χ1v) is 5.99. The molecule has 1 aromatic rings. The molecule has 0 bridgehead atoms. The van der Waals surface area contributed by atoms with E-state index in [9.17, 15) is 0 Å². The Morgan fingerprint density at radius 3 is 2.88 bits per heavy atom. The monoisotopic (exact) mass is 216 g/mol. The van der Waals surface area contributed by atoms with E-state index in [0.717, 1.165) is 29.8 Å². The zero-order valence-electron chi connectivity index (χ0n) is 10.2. The minimum absolute atomic E-state index is 0.809. The van der Waals surface area contributed by atoms with Crippen molar-refractivity contribution in [2.75, 3.05) is 13.1 Å². The lowest BCUT2D eigenvalue weighted by atomic mass is 9.88. The summed E-state index contributed by atoms with van der Waals surface area (Å²) in [6.07, 6.45) is 1.80. The maximum absolute atomic E-state index is 4.52. The van der Waals surface area contributed by atoms with Crippen LogP contribution >= 0.6 is 0 Å². The average molecular weight is 216 g/mol. The number of rotatable bonds is 4. The van der Waals surface area contributed by atoms with Gasteiger partial charge in [0, 0.05) is 19.6 Å². The zero-order valence-corrected chi connectivity index (χ0v) is 10.2. The Morgan fingerprint density at radius 2 is 2.25 bits per heavy atom. The smallest absolute Gasteiger partial charge is 0.0627 e. The molecule has 1 fully saturated rings. The van der Waals surface area contributed by atoms with Gasteiger partial charge in [0.05, 0.1) is 11.4 Å². The van der Waals surface area contributed by atoms with Gasteiger partial charge in [-0.1, -0.05) is 26.5 Å². The first kappa shape index (κ1) is 11.3. The van der Waals surface area contributed by atoms with E-state index in [-0.39, 0.29) is 0 Å². The summed E-state index contributed by atoms with van der Waals surface area (Å²) in [6, 6.07) is 6.14. The van der Waals surface area contributed by atoms with Crippen LogP contribution in [-0.4, -0.2) is 23.0 Å². The van der Waals surface area contributed by atoms with Gasteiger partial charge in [-0.15, -0.1) is 0 Å². The number of aromatic nitrogens is 1. The van der Waals surface area contributed by atoms with Crippen LogP contribution in [0.4, 0.5) is 0 Å². The largest absolute Gasteiger partial charge is 0.297 e. The maximum Gasteiger partial charge on any atom is 0.0627 e. The predicted molar refractivity (Wildman–Crippen MR) is 67.9 cm³/mol. The van der Waals surface area contributed by atoms with Crippen LogP contribution in [0.1, 0.15) is 25.2 Å². The summed E-state index contributed by atoms with van der Waals surface area (Å²) in [5, 5.41) is 0. The van der Waals surface area contributed by atoms with Crippen molar-refractivity contribution in [3.8, 4) is 0 Å². The van der Waals surface area contributed by atoms with Crippen LogP contribution in [0.2, 0.25) is 0 Å². The van der Waals surface area contributed by atoms with Crippen LogP contribution in [0.15, 0.2) is 24.8 Å². The van der Waals surface area contributed by atoms with Crippen LogP contribution in [-0.2, 0) is 6.54 Å². The van der Waals surface area contributed by atoms with E-state index < -0.39 is 0 Å². The molecular weight excluding hydrogens is 196 g/mol. The lowest BCUT2D eigenvalue weighted by Gasteiger charge is -2.41. The topological polar surface area (TPSA) is 16.1 Å². The molecule has 2 heterocycles. The minimum Gasteiger partial charge on any atom is -0.297 e. The number of hydrogen-bond acceptors (Lipinski definition) is 2. The van der Waals surface area contributed by atoms with Crippen LogP contribution in [0.3, 0.4) is 0 Å². The maximum atomic E-state index is 4.52. The first-order valence-electron chi connectivity index (χ1n) is 5.99. The molecule has 0 atom stereocenters. The second kappa shape index (κ2) is 4.79. The van der Waals surface area contributed by atoms with Gasteiger partial charge in [-0.25, -0.2) is 0 Å². The number of nitrogens with zero attached hydrogens (tertiary/aromatic N) is 2. The Morgan fingerprint density at radius 1 is 1.50 bits per heavy atom. The molecule has 0 radical (unpaired) electrons. The quantitative estimate of drug-likeness (QED) is 0.769. The third-order valence-corrected chi connectivity index (χ3v) is 3.35. The van der Waals surface area contributed by atoms with Crippen molar-refractivity contribution in [1.82, 2.24) is 9.88 Å². The van der Waals surface area contributed by atoms with Gasteiger partial charge < -0.3 is 0 Å². The third-order valence-electron chi connectivity index (χ3n) is 3.35. The molecule has 0 amide bonds. The van der Waals surface area contributed by atoms with E-state index in [0.29, 0.717) is 0 Å². The molecule has 1 aliphatic rings. The van der Waals surface area contributed by atoms with Crippen LogP contribution in [0.5, 0.6) is 0 Å². The van der Waals surface area contributed by atoms with Crippen molar-refractivity contribution in [2.24, 2.45) is 11.8 Å². The SMILES string of the molecule is C=Cc1cccc(CN2CC(C(C)C)C2)n1. The second-order valence-electron chi connectivity index (χ2n) is 4.96. The standard InChI is InChI=1S/C14H20N2/c1-4-13-6-5-7-14(15-13)10-16-8-12(9-16)11(2)3/h4-7,11-12H,1,8-10H2,2-3H3. The molecule has 2 rings (SSSR count). The Bertz CT molecular complexity index is 365. The summed E-state index contributed by atoms with van der Waals surface area (Å²) in [7, 11) is 0. The van der Waals surface area contributed by atoms with Crippen molar-refractivity contribution >= 4 is 6.08 Å². The van der Waals surface area contributed by atoms with Gasteiger partial charge in [-0.2, -0.15) is 0 Å². The summed E-state index contributed by atoms with van der Waals surface area (Å²) >= 11 is 0. The van der Waals surface area contributed by atoms with Gasteiger partial charge >= 0.3 is 0 Å². The van der Waals surface area contributed by atoms with E-state index in [1.165, 1.54) is 13.1 Å². The molecule has 16 heavy (non-hydrogen) atoms. The molecule has 0 aliphatic carbocycles. The molecule has 1 saturated heterocycles. The molecule has 0 aromatic carbocycles. The van der Waals surface area contributed by atoms with Crippen molar-refractivity contribution in [1.29, 1.82) is 0 Å². The number of pyridine rings is 1. The van der Waals surface area contributed by atoms with Crippen molar-refractivity contribution in [3.63, 3.8) is 0 Å². The molecule has 1 aromatic heterocycles.